The van der Waals surface area contributed by atoms with E-state index in [-0.39, 0.29) is 64.7 Å². The lowest BCUT2D eigenvalue weighted by Gasteiger charge is -2.57. The van der Waals surface area contributed by atoms with Crippen LogP contribution in [0.3, 0.4) is 0 Å². The maximum Gasteiger partial charge on any atom is 0.306 e. The highest BCUT2D eigenvalue weighted by molar-refractivity contribution is 6.01. The van der Waals surface area contributed by atoms with Crippen LogP contribution in [-0.2, 0) is 23.9 Å². The molecule has 0 amide bonds. The van der Waals surface area contributed by atoms with Crippen molar-refractivity contribution in [2.45, 2.75) is 84.5 Å². The van der Waals surface area contributed by atoms with E-state index in [1.54, 1.807) is 19.9 Å². The normalized spacial score (nSPS) is 51.7. The quantitative estimate of drug-likeness (QED) is 0.500. The molecule has 9 atom stereocenters. The van der Waals surface area contributed by atoms with Gasteiger partial charge in [-0.15, -0.1) is 0 Å². The Bertz CT molecular complexity index is 947. The summed E-state index contributed by atoms with van der Waals surface area (Å²) < 4.78 is 12.7. The van der Waals surface area contributed by atoms with Gasteiger partial charge < -0.3 is 9.47 Å². The number of hydrogen-bond acceptors (Lipinski definition) is 5. The molecule has 5 heteroatoms. The monoisotopic (exact) mass is 426 g/mol. The van der Waals surface area contributed by atoms with Gasteiger partial charge in [0.2, 0.25) is 0 Å². The van der Waals surface area contributed by atoms with Gasteiger partial charge in [-0.1, -0.05) is 39.3 Å². The Labute approximate surface area is 184 Å². The molecule has 1 spiro atoms. The van der Waals surface area contributed by atoms with Crippen molar-refractivity contribution >= 4 is 17.5 Å². The highest BCUT2D eigenvalue weighted by atomic mass is 16.6. The molecule has 168 valence electrons. The number of fused-ring (bicyclic) bond motifs is 3. The van der Waals surface area contributed by atoms with Crippen LogP contribution in [-0.4, -0.2) is 34.8 Å². The summed E-state index contributed by atoms with van der Waals surface area (Å²) in [5.41, 5.74) is -0.997. The van der Waals surface area contributed by atoms with Gasteiger partial charge >= 0.3 is 5.97 Å². The van der Waals surface area contributed by atoms with Crippen molar-refractivity contribution in [1.29, 1.82) is 0 Å². The predicted molar refractivity (Wildman–Crippen MR) is 115 cm³/mol. The minimum Gasteiger partial charge on any atom is -0.450 e. The van der Waals surface area contributed by atoms with E-state index in [0.29, 0.717) is 6.42 Å². The Kier molecular flexibility index (Phi) is 4.21. The Balaban J connectivity index is 1.62. The SMILES string of the molecule is CCC(=O)O[C@]1(C(C)=O)[C@@H](C)C[C@H]2[C@@H]3C[C@H](C)C4=CC(=O)C=C[C@]4(C)C34O[C@H]4C[C@@]21C. The molecular formula is C26H34O5. The topological polar surface area (TPSA) is 73.0 Å². The molecule has 0 aromatic heterocycles. The van der Waals surface area contributed by atoms with Crippen LogP contribution < -0.4 is 0 Å². The van der Waals surface area contributed by atoms with Crippen LogP contribution in [0.2, 0.25) is 0 Å². The highest BCUT2D eigenvalue weighted by Crippen LogP contribution is 2.77. The van der Waals surface area contributed by atoms with E-state index in [4.69, 9.17) is 9.47 Å². The second-order valence-corrected chi connectivity index (χ2v) is 11.2. The van der Waals surface area contributed by atoms with E-state index in [9.17, 15) is 14.4 Å². The average Bonchev–Trinajstić information content (AvgIpc) is 3.38. The fourth-order valence-corrected chi connectivity index (χ4v) is 8.65. The van der Waals surface area contributed by atoms with Crippen molar-refractivity contribution in [2.24, 2.45) is 34.5 Å². The maximum atomic E-state index is 13.2. The lowest BCUT2D eigenvalue weighted by Crippen LogP contribution is -2.63. The van der Waals surface area contributed by atoms with Crippen LogP contribution in [0.1, 0.15) is 67.2 Å². The first-order valence-corrected chi connectivity index (χ1v) is 11.8. The van der Waals surface area contributed by atoms with E-state index >= 15 is 0 Å². The minimum absolute atomic E-state index is 0.00172. The standard InChI is InChI=1S/C26H34O5/c1-7-22(29)31-25(16(4)27)15(3)11-19-20-10-14(2)18-12-17(28)8-9-23(18,5)26(20)21(30-26)13-24(19,25)6/h8-9,12,14-15,19-21H,7,10-11,13H2,1-6H3/t14-,15-,19-,20-,21-,23-,24-,25-,26?/m0/s1. The number of hydrogen-bond donors (Lipinski definition) is 0. The molecule has 4 fully saturated rings. The summed E-state index contributed by atoms with van der Waals surface area (Å²) in [6, 6.07) is 0. The molecular weight excluding hydrogens is 392 g/mol. The molecule has 1 saturated heterocycles. The number of Topliss-reactive ketones (excluding diaryl/α,β-unsaturated/α-hetero) is 1. The minimum atomic E-state index is -1.10. The second kappa shape index (κ2) is 6.18. The Morgan fingerprint density at radius 3 is 2.55 bits per heavy atom. The summed E-state index contributed by atoms with van der Waals surface area (Å²) in [4.78, 5) is 37.8. The van der Waals surface area contributed by atoms with Gasteiger partial charge in [-0.05, 0) is 63.0 Å². The van der Waals surface area contributed by atoms with E-state index in [1.165, 1.54) is 5.57 Å². The molecule has 0 bridgehead atoms. The predicted octanol–water partition coefficient (Wildman–Crippen LogP) is 4.20. The molecule has 3 saturated carbocycles. The molecule has 31 heavy (non-hydrogen) atoms. The summed E-state index contributed by atoms with van der Waals surface area (Å²) in [6.07, 6.45) is 8.33. The van der Waals surface area contributed by atoms with Gasteiger partial charge in [0.1, 0.15) is 5.60 Å². The van der Waals surface area contributed by atoms with Crippen molar-refractivity contribution in [3.8, 4) is 0 Å². The van der Waals surface area contributed by atoms with Crippen LogP contribution in [0.25, 0.3) is 0 Å². The first kappa shape index (κ1) is 21.1. The molecule has 5 nitrogen and oxygen atoms in total. The molecule has 0 radical (unpaired) electrons. The molecule has 5 rings (SSSR count). The molecule has 0 N–H and O–H groups in total. The van der Waals surface area contributed by atoms with Crippen LogP contribution in [0.4, 0.5) is 0 Å². The largest absolute Gasteiger partial charge is 0.450 e. The lowest BCUT2D eigenvalue weighted by atomic mass is 9.45. The maximum absolute atomic E-state index is 13.2. The van der Waals surface area contributed by atoms with Crippen LogP contribution in [0.15, 0.2) is 23.8 Å². The van der Waals surface area contributed by atoms with Gasteiger partial charge in [-0.2, -0.15) is 0 Å². The fraction of sp³-hybridized carbons (Fsp3) is 0.731. The third kappa shape index (κ3) is 2.24. The van der Waals surface area contributed by atoms with E-state index in [1.807, 2.05) is 6.08 Å². The number of allylic oxidation sites excluding steroid dienone is 2. The summed E-state index contributed by atoms with van der Waals surface area (Å²) in [5, 5.41) is 0. The van der Waals surface area contributed by atoms with E-state index in [2.05, 4.69) is 33.8 Å². The average molecular weight is 427 g/mol. The molecule has 1 unspecified atom stereocenters. The number of esters is 1. The molecule has 1 heterocycles. The van der Waals surface area contributed by atoms with Crippen LogP contribution >= 0.6 is 0 Å². The Morgan fingerprint density at radius 1 is 1.19 bits per heavy atom. The fourth-order valence-electron chi connectivity index (χ4n) is 8.65. The number of ketones is 2. The molecule has 0 aromatic rings. The molecule has 0 aromatic carbocycles. The van der Waals surface area contributed by atoms with Gasteiger partial charge in [-0.25, -0.2) is 0 Å². The lowest BCUT2D eigenvalue weighted by molar-refractivity contribution is -0.191. The number of rotatable bonds is 3. The van der Waals surface area contributed by atoms with Crippen molar-refractivity contribution in [3.05, 3.63) is 23.8 Å². The summed E-state index contributed by atoms with van der Waals surface area (Å²) in [5.74, 6) is 0.427. The van der Waals surface area contributed by atoms with Gasteiger partial charge in [0.25, 0.3) is 0 Å². The van der Waals surface area contributed by atoms with Crippen molar-refractivity contribution < 1.29 is 23.9 Å². The van der Waals surface area contributed by atoms with Crippen LogP contribution in [0.5, 0.6) is 0 Å². The van der Waals surface area contributed by atoms with E-state index in [0.717, 1.165) is 12.8 Å². The van der Waals surface area contributed by atoms with Crippen molar-refractivity contribution in [1.82, 2.24) is 0 Å². The third-order valence-electron chi connectivity index (χ3n) is 9.89. The van der Waals surface area contributed by atoms with Crippen molar-refractivity contribution in [2.75, 3.05) is 0 Å². The number of ether oxygens (including phenoxy) is 2. The molecule has 4 aliphatic carbocycles. The summed E-state index contributed by atoms with van der Waals surface area (Å²) >= 11 is 0. The first-order valence-electron chi connectivity index (χ1n) is 11.8. The Hall–Kier alpha value is -1.75. The van der Waals surface area contributed by atoms with Gasteiger partial charge in [0.15, 0.2) is 17.2 Å². The molecule has 1 aliphatic heterocycles. The smallest absolute Gasteiger partial charge is 0.306 e. The number of carbonyl (C=O) groups is 3. The number of carbonyl (C=O) groups excluding carboxylic acids is 3. The van der Waals surface area contributed by atoms with Gasteiger partial charge in [0.05, 0.1) is 6.10 Å². The molecule has 5 aliphatic rings. The van der Waals surface area contributed by atoms with Gasteiger partial charge in [-0.3, -0.25) is 14.4 Å². The zero-order chi connectivity index (χ0) is 22.6. The third-order valence-corrected chi connectivity index (χ3v) is 9.89. The Morgan fingerprint density at radius 2 is 1.90 bits per heavy atom. The van der Waals surface area contributed by atoms with E-state index < -0.39 is 11.0 Å². The highest BCUT2D eigenvalue weighted by Gasteiger charge is 2.83. The van der Waals surface area contributed by atoms with Crippen molar-refractivity contribution in [3.63, 3.8) is 0 Å². The zero-order valence-electron chi connectivity index (χ0n) is 19.5. The first-order chi connectivity index (χ1) is 14.5. The second-order valence-electron chi connectivity index (χ2n) is 11.2. The van der Waals surface area contributed by atoms with Gasteiger partial charge in [0, 0.05) is 23.2 Å². The summed E-state index contributed by atoms with van der Waals surface area (Å²) in [7, 11) is 0. The summed E-state index contributed by atoms with van der Waals surface area (Å²) in [6.45, 7) is 12.0. The van der Waals surface area contributed by atoms with Crippen LogP contribution in [0, 0.1) is 34.5 Å². The number of epoxide rings is 1. The zero-order valence-corrected chi connectivity index (χ0v) is 19.5.